The highest BCUT2D eigenvalue weighted by Crippen LogP contribution is 1.76. The van der Waals surface area contributed by atoms with E-state index in [9.17, 15) is 10.1 Å². The predicted molar refractivity (Wildman–Crippen MR) is 28.7 cm³/mol. The van der Waals surface area contributed by atoms with Crippen molar-refractivity contribution in [3.8, 4) is 0 Å². The smallest absolute Gasteiger partial charge is 0.159 e. The Balaban J connectivity index is 3.32. The Morgan fingerprint density at radius 1 is 1.88 bits per heavy atom. The van der Waals surface area contributed by atoms with Gasteiger partial charge in [-0.25, -0.2) is 10.1 Å². The lowest BCUT2D eigenvalue weighted by molar-refractivity contribution is -0.648. The molecule has 0 saturated carbocycles. The van der Waals surface area contributed by atoms with Crippen LogP contribution >= 0.6 is 0 Å². The Hall–Kier alpha value is -0.840. The van der Waals surface area contributed by atoms with E-state index in [4.69, 9.17) is 5.73 Å². The van der Waals surface area contributed by atoms with E-state index in [2.05, 4.69) is 0 Å². The maximum absolute atomic E-state index is 9.77. The molecule has 0 aromatic rings. The number of hydrazine groups is 1. The number of nitro groups is 1. The summed E-state index contributed by atoms with van der Waals surface area (Å²) in [5.41, 5.74) is 5.02. The summed E-state index contributed by atoms with van der Waals surface area (Å²) >= 11 is 0. The molecule has 0 aliphatic carbocycles. The van der Waals surface area contributed by atoms with Crippen LogP contribution in [0.4, 0.5) is 0 Å². The molecule has 0 rings (SSSR count). The maximum atomic E-state index is 9.77. The summed E-state index contributed by atoms with van der Waals surface area (Å²) in [5.74, 6) is 0. The largest absolute Gasteiger partial charge is 0.329 e. The highest BCUT2D eigenvalue weighted by molar-refractivity contribution is 4.34. The second-order valence-corrected chi connectivity index (χ2v) is 1.41. The number of hydrogen-bond acceptors (Lipinski definition) is 3. The molecule has 5 nitrogen and oxygen atoms in total. The van der Waals surface area contributed by atoms with E-state index < -0.39 is 5.03 Å². The molecule has 0 radical (unpaired) electrons. The van der Waals surface area contributed by atoms with Crippen LogP contribution < -0.4 is 5.73 Å². The van der Waals surface area contributed by atoms with Gasteiger partial charge in [0.05, 0.1) is 13.6 Å². The second-order valence-electron chi connectivity index (χ2n) is 1.41. The van der Waals surface area contributed by atoms with Crippen molar-refractivity contribution in [2.45, 2.75) is 0 Å². The van der Waals surface area contributed by atoms with Gasteiger partial charge >= 0.3 is 0 Å². The van der Waals surface area contributed by atoms with Crippen LogP contribution in [0.2, 0.25) is 0 Å². The van der Waals surface area contributed by atoms with Gasteiger partial charge in [0, 0.05) is 6.54 Å². The Bertz CT molecular complexity index is 84.6. The van der Waals surface area contributed by atoms with Gasteiger partial charge in [-0.2, -0.15) is 0 Å². The van der Waals surface area contributed by atoms with Crippen molar-refractivity contribution in [2.24, 2.45) is 5.73 Å². The Morgan fingerprint density at radius 2 is 2.38 bits per heavy atom. The fourth-order valence-electron chi connectivity index (χ4n) is 0.268. The number of nitrogens with zero attached hydrogens (tertiary/aromatic N) is 2. The number of rotatable bonds is 3. The van der Waals surface area contributed by atoms with E-state index >= 15 is 0 Å². The average Bonchev–Trinajstić information content (AvgIpc) is 1.67. The Labute approximate surface area is 47.2 Å². The molecule has 0 bridgehead atoms. The minimum Gasteiger partial charge on any atom is -0.329 e. The molecule has 2 N–H and O–H groups in total. The van der Waals surface area contributed by atoms with E-state index in [1.807, 2.05) is 0 Å². The van der Waals surface area contributed by atoms with Gasteiger partial charge in [0.2, 0.25) is 0 Å². The lowest BCUT2D eigenvalue weighted by atomic mass is 10.6. The van der Waals surface area contributed by atoms with Gasteiger partial charge in [-0.15, -0.1) is 5.01 Å². The van der Waals surface area contributed by atoms with Crippen LogP contribution in [-0.4, -0.2) is 30.2 Å². The summed E-state index contributed by atoms with van der Waals surface area (Å²) in [6.07, 6.45) is 0. The van der Waals surface area contributed by atoms with Gasteiger partial charge in [0.25, 0.3) is 0 Å². The number of hydrogen-bond donors (Lipinski definition) is 1. The SMILES string of the molecule is CN(CCN)[N+](=O)[O-]. The first-order chi connectivity index (χ1) is 3.68. The third-order valence-electron chi connectivity index (χ3n) is 0.731. The normalized spacial score (nSPS) is 8.75. The molecule has 0 spiro atoms. The van der Waals surface area contributed by atoms with Crippen molar-refractivity contribution in [1.29, 1.82) is 0 Å². The monoisotopic (exact) mass is 119 g/mol. The second kappa shape index (κ2) is 3.20. The van der Waals surface area contributed by atoms with Crippen molar-refractivity contribution in [3.63, 3.8) is 0 Å². The molecule has 0 unspecified atom stereocenters. The van der Waals surface area contributed by atoms with Crippen molar-refractivity contribution in [2.75, 3.05) is 20.1 Å². The quantitative estimate of drug-likeness (QED) is 0.384. The molecule has 48 valence electrons. The zero-order valence-electron chi connectivity index (χ0n) is 4.70. The standard InChI is InChI=1S/C3H9N3O2/c1-5(3-2-4)6(7)8/h2-4H2,1H3. The highest BCUT2D eigenvalue weighted by atomic mass is 16.7. The van der Waals surface area contributed by atoms with Gasteiger partial charge in [-0.1, -0.05) is 0 Å². The van der Waals surface area contributed by atoms with Crippen molar-refractivity contribution >= 4 is 0 Å². The molecule has 0 aromatic heterocycles. The van der Waals surface area contributed by atoms with Crippen LogP contribution in [0, 0.1) is 10.1 Å². The van der Waals surface area contributed by atoms with Crippen LogP contribution in [0.25, 0.3) is 0 Å². The molecule has 0 fully saturated rings. The van der Waals surface area contributed by atoms with Crippen molar-refractivity contribution in [1.82, 2.24) is 5.01 Å². The molecule has 0 aliphatic rings. The molecule has 0 amide bonds. The summed E-state index contributed by atoms with van der Waals surface area (Å²) in [6, 6.07) is 0. The minimum absolute atomic E-state index is 0.299. The number of nitrogens with two attached hydrogens (primary N) is 1. The molecule has 0 aliphatic heterocycles. The van der Waals surface area contributed by atoms with E-state index in [0.717, 1.165) is 5.01 Å². The molecular weight excluding hydrogens is 110 g/mol. The summed E-state index contributed by atoms with van der Waals surface area (Å²) in [4.78, 5) is 9.77. The van der Waals surface area contributed by atoms with Gasteiger partial charge in [0.1, 0.15) is 0 Å². The first-order valence-electron chi connectivity index (χ1n) is 2.24. The Kier molecular flexibility index (Phi) is 2.86. The molecule has 0 saturated heterocycles. The predicted octanol–water partition coefficient (Wildman–Crippen LogP) is -0.931. The first kappa shape index (κ1) is 7.16. The Morgan fingerprint density at radius 3 is 2.50 bits per heavy atom. The van der Waals surface area contributed by atoms with Gasteiger partial charge < -0.3 is 5.73 Å². The molecule has 5 heteroatoms. The van der Waals surface area contributed by atoms with Crippen LogP contribution in [0.15, 0.2) is 0 Å². The summed E-state index contributed by atoms with van der Waals surface area (Å²) in [5, 5.41) is 10.2. The van der Waals surface area contributed by atoms with E-state index in [1.165, 1.54) is 7.05 Å². The van der Waals surface area contributed by atoms with Gasteiger partial charge in [-0.3, -0.25) is 0 Å². The van der Waals surface area contributed by atoms with E-state index in [0.29, 0.717) is 13.1 Å². The van der Waals surface area contributed by atoms with Crippen molar-refractivity contribution < 1.29 is 5.03 Å². The van der Waals surface area contributed by atoms with Crippen LogP contribution in [-0.2, 0) is 0 Å². The molecular formula is C3H9N3O2. The van der Waals surface area contributed by atoms with Gasteiger partial charge in [-0.05, 0) is 0 Å². The van der Waals surface area contributed by atoms with Crippen LogP contribution in [0.1, 0.15) is 0 Å². The van der Waals surface area contributed by atoms with Crippen LogP contribution in [0.3, 0.4) is 0 Å². The fraction of sp³-hybridized carbons (Fsp3) is 1.00. The topological polar surface area (TPSA) is 72.4 Å². The first-order valence-corrected chi connectivity index (χ1v) is 2.24. The third-order valence-corrected chi connectivity index (χ3v) is 0.731. The average molecular weight is 119 g/mol. The summed E-state index contributed by atoms with van der Waals surface area (Å²) < 4.78 is 0. The lowest BCUT2D eigenvalue weighted by Crippen LogP contribution is -2.30. The summed E-state index contributed by atoms with van der Waals surface area (Å²) in [7, 11) is 1.38. The number of likely N-dealkylation sites (N-methyl/N-ethyl adjacent to an activating group) is 1. The highest BCUT2D eigenvalue weighted by Gasteiger charge is 2.01. The van der Waals surface area contributed by atoms with Gasteiger partial charge in [0.15, 0.2) is 5.03 Å². The zero-order chi connectivity index (χ0) is 6.57. The molecule has 8 heavy (non-hydrogen) atoms. The van der Waals surface area contributed by atoms with E-state index in [-0.39, 0.29) is 0 Å². The lowest BCUT2D eigenvalue weighted by Gasteiger charge is -2.03. The van der Waals surface area contributed by atoms with Crippen LogP contribution in [0.5, 0.6) is 0 Å². The zero-order valence-corrected chi connectivity index (χ0v) is 4.70. The molecule has 0 aromatic carbocycles. The molecule has 0 heterocycles. The fourth-order valence-corrected chi connectivity index (χ4v) is 0.268. The summed E-state index contributed by atoms with van der Waals surface area (Å²) in [6.45, 7) is 0.616. The van der Waals surface area contributed by atoms with E-state index in [1.54, 1.807) is 0 Å². The minimum atomic E-state index is -0.493. The molecule has 0 atom stereocenters. The third kappa shape index (κ3) is 2.35. The van der Waals surface area contributed by atoms with Crippen molar-refractivity contribution in [3.05, 3.63) is 10.1 Å². The maximum Gasteiger partial charge on any atom is 0.159 e.